The van der Waals surface area contributed by atoms with Gasteiger partial charge in [0.25, 0.3) is 11.1 Å². The van der Waals surface area contributed by atoms with Gasteiger partial charge in [0.2, 0.25) is 0 Å². The molecule has 1 aromatic carbocycles. The number of pyridine rings is 1. The first-order valence-corrected chi connectivity index (χ1v) is 7.77. The lowest BCUT2D eigenvalue weighted by atomic mass is 10.1. The molecule has 6 nitrogen and oxygen atoms in total. The molecule has 2 aliphatic rings. The normalized spacial score (nSPS) is 11.2. The first-order chi connectivity index (χ1) is 11.2. The van der Waals surface area contributed by atoms with Gasteiger partial charge in [-0.15, -0.1) is 0 Å². The number of rotatable bonds is 5. The number of ether oxygens (including phenoxy) is 1. The van der Waals surface area contributed by atoms with Crippen molar-refractivity contribution in [2.45, 2.75) is 33.2 Å². The Balaban J connectivity index is 2.43. The van der Waals surface area contributed by atoms with Crippen molar-refractivity contribution in [1.29, 1.82) is 0 Å². The smallest absolute Gasteiger partial charge is 0.296 e. The molecule has 0 radical (unpaired) electrons. The zero-order chi connectivity index (χ0) is 16.4. The van der Waals surface area contributed by atoms with Crippen LogP contribution in [-0.2, 0) is 6.54 Å². The van der Waals surface area contributed by atoms with Gasteiger partial charge < -0.3 is 9.26 Å². The number of hydrogen-bond donors (Lipinski definition) is 0. The molecule has 0 saturated heterocycles. The minimum absolute atomic E-state index is 0.128. The molecule has 0 fully saturated rings. The number of aromatic nitrogens is 2. The standard InChI is InChI=1S/C17H18N2O4/c1-3-5-10-19-16(20)14-13(15(17(19)21)22-4-2)11-8-6-7-9-12(11)23-18-14/h6-9H,3-5,10H2,1-2H3. The Labute approximate surface area is 132 Å². The van der Waals surface area contributed by atoms with Gasteiger partial charge in [0, 0.05) is 11.9 Å². The average Bonchev–Trinajstić information content (AvgIpc) is 2.58. The van der Waals surface area contributed by atoms with E-state index in [1.165, 1.54) is 4.57 Å². The molecule has 0 saturated carbocycles. The highest BCUT2D eigenvalue weighted by Gasteiger charge is 2.25. The van der Waals surface area contributed by atoms with E-state index in [9.17, 15) is 9.59 Å². The molecule has 2 aliphatic heterocycles. The lowest BCUT2D eigenvalue weighted by molar-refractivity contribution is 0.331. The fraction of sp³-hybridized carbons (Fsp3) is 0.353. The molecular weight excluding hydrogens is 296 g/mol. The van der Waals surface area contributed by atoms with Gasteiger partial charge in [0.1, 0.15) is 0 Å². The quantitative estimate of drug-likeness (QED) is 0.677. The molecule has 0 spiro atoms. The van der Waals surface area contributed by atoms with Crippen LogP contribution in [-0.4, -0.2) is 16.3 Å². The van der Waals surface area contributed by atoms with Crippen LogP contribution < -0.4 is 15.9 Å². The molecule has 1 aromatic rings. The maximum Gasteiger partial charge on any atom is 0.296 e. The number of hydrogen-bond acceptors (Lipinski definition) is 5. The van der Waals surface area contributed by atoms with Crippen molar-refractivity contribution in [2.24, 2.45) is 0 Å². The van der Waals surface area contributed by atoms with Gasteiger partial charge in [0.15, 0.2) is 17.0 Å². The number of nitrogens with zero attached hydrogens (tertiary/aromatic N) is 2. The van der Waals surface area contributed by atoms with E-state index in [4.69, 9.17) is 9.26 Å². The van der Waals surface area contributed by atoms with Gasteiger partial charge in [-0.1, -0.05) is 36.7 Å². The van der Waals surface area contributed by atoms with Crippen LogP contribution in [0.4, 0.5) is 0 Å². The number of benzene rings is 1. The maximum absolute atomic E-state index is 12.7. The van der Waals surface area contributed by atoms with Crippen molar-refractivity contribution in [1.82, 2.24) is 9.72 Å². The third kappa shape index (κ3) is 2.50. The monoisotopic (exact) mass is 314 g/mol. The first-order valence-electron chi connectivity index (χ1n) is 7.77. The summed E-state index contributed by atoms with van der Waals surface area (Å²) >= 11 is 0. The predicted molar refractivity (Wildman–Crippen MR) is 87.2 cm³/mol. The summed E-state index contributed by atoms with van der Waals surface area (Å²) in [6, 6.07) is 7.16. The molecule has 0 N–H and O–H groups in total. The van der Waals surface area contributed by atoms with Gasteiger partial charge in [-0.2, -0.15) is 0 Å². The Bertz CT molecular complexity index is 926. The number of fused-ring (bicyclic) bond motifs is 3. The van der Waals surface area contributed by atoms with Crippen LogP contribution in [0.5, 0.6) is 5.75 Å². The number of unbranched alkanes of at least 4 members (excludes halogenated alkanes) is 1. The molecule has 0 aromatic heterocycles. The van der Waals surface area contributed by atoms with E-state index in [0.29, 0.717) is 29.7 Å². The lowest BCUT2D eigenvalue weighted by Gasteiger charge is -2.15. The van der Waals surface area contributed by atoms with Crippen LogP contribution in [0.15, 0.2) is 38.4 Å². The molecule has 0 aliphatic carbocycles. The third-order valence-electron chi connectivity index (χ3n) is 3.77. The Hall–Kier alpha value is -2.63. The topological polar surface area (TPSA) is 74.3 Å². The van der Waals surface area contributed by atoms with Crippen molar-refractivity contribution in [3.8, 4) is 17.0 Å². The maximum atomic E-state index is 12.7. The first kappa shape index (κ1) is 15.3. The second-order valence-electron chi connectivity index (χ2n) is 5.28. The molecular formula is C17H18N2O4. The molecule has 23 heavy (non-hydrogen) atoms. The van der Waals surface area contributed by atoms with E-state index in [2.05, 4.69) is 5.16 Å². The largest absolute Gasteiger partial charge is 0.488 e. The molecule has 6 heteroatoms. The van der Waals surface area contributed by atoms with Crippen molar-refractivity contribution in [2.75, 3.05) is 6.61 Å². The lowest BCUT2D eigenvalue weighted by Crippen LogP contribution is -2.36. The minimum Gasteiger partial charge on any atom is -0.488 e. The summed E-state index contributed by atoms with van der Waals surface area (Å²) in [5.41, 5.74) is 0.220. The van der Waals surface area contributed by atoms with E-state index < -0.39 is 11.1 Å². The highest BCUT2D eigenvalue weighted by molar-refractivity contribution is 5.95. The van der Waals surface area contributed by atoms with E-state index in [1.54, 1.807) is 25.1 Å². The van der Waals surface area contributed by atoms with Gasteiger partial charge in [-0.3, -0.25) is 14.2 Å². The summed E-state index contributed by atoms with van der Waals surface area (Å²) in [5.74, 6) is 0.165. The van der Waals surface area contributed by atoms with E-state index in [0.717, 1.165) is 12.8 Å². The van der Waals surface area contributed by atoms with Gasteiger partial charge in [0.05, 0.1) is 12.2 Å². The Morgan fingerprint density at radius 1 is 1.17 bits per heavy atom. The summed E-state index contributed by atoms with van der Waals surface area (Å²) in [6.07, 6.45) is 1.61. The Kier molecular flexibility index (Phi) is 4.14. The fourth-order valence-electron chi connectivity index (χ4n) is 2.64. The van der Waals surface area contributed by atoms with Gasteiger partial charge in [-0.25, -0.2) is 0 Å². The average molecular weight is 314 g/mol. The summed E-state index contributed by atoms with van der Waals surface area (Å²) in [6.45, 7) is 4.48. The van der Waals surface area contributed by atoms with Crippen molar-refractivity contribution in [3.63, 3.8) is 0 Å². The van der Waals surface area contributed by atoms with Gasteiger partial charge in [-0.05, 0) is 19.4 Å². The molecule has 0 bridgehead atoms. The minimum atomic E-state index is -0.434. The second-order valence-corrected chi connectivity index (χ2v) is 5.28. The molecule has 120 valence electrons. The molecule has 0 amide bonds. The Morgan fingerprint density at radius 2 is 1.96 bits per heavy atom. The predicted octanol–water partition coefficient (Wildman–Crippen LogP) is 2.65. The van der Waals surface area contributed by atoms with E-state index >= 15 is 0 Å². The van der Waals surface area contributed by atoms with Gasteiger partial charge >= 0.3 is 0 Å². The Morgan fingerprint density at radius 3 is 2.70 bits per heavy atom. The fourth-order valence-corrected chi connectivity index (χ4v) is 2.64. The summed E-state index contributed by atoms with van der Waals surface area (Å²) in [7, 11) is 0. The summed E-state index contributed by atoms with van der Waals surface area (Å²) in [4.78, 5) is 25.4. The van der Waals surface area contributed by atoms with E-state index in [1.807, 2.05) is 13.0 Å². The number of para-hydroxylation sites is 1. The molecule has 0 atom stereocenters. The van der Waals surface area contributed by atoms with Crippen LogP contribution in [0.1, 0.15) is 26.7 Å². The van der Waals surface area contributed by atoms with E-state index in [-0.39, 0.29) is 11.4 Å². The van der Waals surface area contributed by atoms with Crippen molar-refractivity contribution in [3.05, 3.63) is 45.0 Å². The van der Waals surface area contributed by atoms with Crippen LogP contribution >= 0.6 is 0 Å². The third-order valence-corrected chi connectivity index (χ3v) is 3.77. The van der Waals surface area contributed by atoms with Crippen LogP contribution in [0, 0.1) is 0 Å². The van der Waals surface area contributed by atoms with Crippen LogP contribution in [0.3, 0.4) is 0 Å². The van der Waals surface area contributed by atoms with Crippen molar-refractivity contribution >= 4 is 11.0 Å². The highest BCUT2D eigenvalue weighted by atomic mass is 16.5. The van der Waals surface area contributed by atoms with Crippen LogP contribution in [0.25, 0.3) is 22.2 Å². The molecule has 0 unspecified atom stereocenters. The zero-order valence-electron chi connectivity index (χ0n) is 13.2. The molecule has 2 heterocycles. The van der Waals surface area contributed by atoms with Crippen molar-refractivity contribution < 1.29 is 9.26 Å². The molecule has 3 rings (SSSR count). The second kappa shape index (κ2) is 6.24. The highest BCUT2D eigenvalue weighted by Crippen LogP contribution is 2.32. The summed E-state index contributed by atoms with van der Waals surface area (Å²) < 4.78 is 12.1. The SMILES string of the molecule is CCCCn1c(=O)c2noc3ccccc3c-2c(OCC)c1=O. The van der Waals surface area contributed by atoms with Crippen LogP contribution in [0.2, 0.25) is 0 Å². The summed E-state index contributed by atoms with van der Waals surface area (Å²) in [5, 5.41) is 4.59. The zero-order valence-corrected chi connectivity index (χ0v) is 13.2.